The van der Waals surface area contributed by atoms with Crippen LogP contribution in [0, 0.1) is 29.2 Å². The van der Waals surface area contributed by atoms with Gasteiger partial charge in [-0.3, -0.25) is 0 Å². The zero-order valence-electron chi connectivity index (χ0n) is 13.7. The van der Waals surface area contributed by atoms with Crippen molar-refractivity contribution in [3.63, 3.8) is 0 Å². The number of hydrogen-bond donors (Lipinski definition) is 0. The second-order valence-corrected chi connectivity index (χ2v) is 4.62. The fourth-order valence-electron chi connectivity index (χ4n) is 2.23. The molecular formula is C21H24Pt. The van der Waals surface area contributed by atoms with Crippen molar-refractivity contribution < 1.29 is 21.1 Å². The zero-order chi connectivity index (χ0) is 12.4. The van der Waals surface area contributed by atoms with E-state index in [0.717, 1.165) is 0 Å². The Hall–Kier alpha value is -1.52. The van der Waals surface area contributed by atoms with Crippen LogP contribution in [0.15, 0.2) is 72.8 Å². The Kier molecular flexibility index (Phi) is 10.6. The third-order valence-electron chi connectivity index (χ3n) is 3.23. The quantitative estimate of drug-likeness (QED) is 0.380. The van der Waals surface area contributed by atoms with Gasteiger partial charge in [-0.2, -0.15) is 0 Å². The molecule has 3 aromatic rings. The molecule has 0 heterocycles. The summed E-state index contributed by atoms with van der Waals surface area (Å²) in [6.07, 6.45) is 0. The molecule has 0 radical (unpaired) electrons. The minimum absolute atomic E-state index is 0. The van der Waals surface area contributed by atoms with Gasteiger partial charge in [0.15, 0.2) is 0 Å². The largest absolute Gasteiger partial charge is 4.00 e. The fourth-order valence-corrected chi connectivity index (χ4v) is 2.23. The van der Waals surface area contributed by atoms with Gasteiger partial charge in [0.1, 0.15) is 0 Å². The topological polar surface area (TPSA) is 0 Å². The molecule has 3 aromatic carbocycles. The van der Waals surface area contributed by atoms with Gasteiger partial charge in [0.2, 0.25) is 0 Å². The summed E-state index contributed by atoms with van der Waals surface area (Å²) in [6.45, 7) is 2.13. The van der Waals surface area contributed by atoms with Gasteiger partial charge in [-0.25, -0.2) is 0 Å². The number of hydrogen-bond acceptors (Lipinski definition) is 0. The molecule has 3 rings (SSSR count). The Labute approximate surface area is 150 Å². The van der Waals surface area contributed by atoms with E-state index in [1.807, 2.05) is 6.07 Å². The van der Waals surface area contributed by atoms with E-state index in [1.165, 1.54) is 27.8 Å². The minimum atomic E-state index is 0. The maximum absolute atomic E-state index is 2.22. The molecule has 0 aliphatic heterocycles. The zero-order valence-corrected chi connectivity index (χ0v) is 16.0. The van der Waals surface area contributed by atoms with Crippen molar-refractivity contribution in [2.75, 3.05) is 0 Å². The Morgan fingerprint density at radius 3 is 1.73 bits per heavy atom. The molecule has 0 saturated carbocycles. The Morgan fingerprint density at radius 1 is 0.682 bits per heavy atom. The summed E-state index contributed by atoms with van der Waals surface area (Å²) in [5.41, 5.74) is 6.43. The molecule has 118 valence electrons. The van der Waals surface area contributed by atoms with Gasteiger partial charge in [0, 0.05) is 0 Å². The van der Waals surface area contributed by atoms with Crippen LogP contribution in [0.4, 0.5) is 0 Å². The third-order valence-corrected chi connectivity index (χ3v) is 3.23. The van der Waals surface area contributed by atoms with E-state index in [1.54, 1.807) is 0 Å². The predicted molar refractivity (Wildman–Crippen MR) is 96.9 cm³/mol. The van der Waals surface area contributed by atoms with Crippen molar-refractivity contribution in [3.8, 4) is 22.3 Å². The van der Waals surface area contributed by atoms with Crippen LogP contribution in [0.1, 0.15) is 5.56 Å². The molecule has 1 heteroatoms. The second kappa shape index (κ2) is 10.2. The fraction of sp³-hybridized carbons (Fsp3) is 0.0476. The second-order valence-electron chi connectivity index (χ2n) is 4.62. The molecule has 0 unspecified atom stereocenters. The first-order chi connectivity index (χ1) is 8.83. The van der Waals surface area contributed by atoms with Crippen molar-refractivity contribution in [3.05, 3.63) is 101 Å². The smallest absolute Gasteiger partial charge is 0.358 e. The number of aryl methyl sites for hydroxylation is 1. The van der Waals surface area contributed by atoms with E-state index in [9.17, 15) is 0 Å². The normalized spacial score (nSPS) is 8.59. The van der Waals surface area contributed by atoms with Crippen LogP contribution in [0.5, 0.6) is 0 Å². The van der Waals surface area contributed by atoms with Crippen LogP contribution in [0.2, 0.25) is 0 Å². The Morgan fingerprint density at radius 2 is 1.23 bits per heavy atom. The van der Waals surface area contributed by atoms with Crippen LogP contribution < -0.4 is 0 Å². The van der Waals surface area contributed by atoms with Gasteiger partial charge in [0.25, 0.3) is 0 Å². The molecule has 0 spiro atoms. The molecule has 0 aliphatic carbocycles. The molecule has 0 nitrogen and oxygen atoms in total. The summed E-state index contributed by atoms with van der Waals surface area (Å²) >= 11 is 0. The van der Waals surface area contributed by atoms with Crippen molar-refractivity contribution in [2.24, 2.45) is 0 Å². The first kappa shape index (κ1) is 22.8. The first-order valence-electron chi connectivity index (χ1n) is 6.22. The van der Waals surface area contributed by atoms with E-state index in [-0.39, 0.29) is 43.3 Å². The molecular weight excluding hydrogens is 447 g/mol. The maximum atomic E-state index is 2.22. The molecule has 0 fully saturated rings. The summed E-state index contributed by atoms with van der Waals surface area (Å²) in [6, 6.07) is 25.8. The molecule has 22 heavy (non-hydrogen) atoms. The molecule has 0 amide bonds. The molecule has 0 aromatic heterocycles. The van der Waals surface area contributed by atoms with Crippen LogP contribution in [-0.2, 0) is 21.1 Å². The summed E-state index contributed by atoms with van der Waals surface area (Å²) in [5.74, 6) is 0. The van der Waals surface area contributed by atoms with Crippen LogP contribution >= 0.6 is 0 Å². The van der Waals surface area contributed by atoms with E-state index in [2.05, 4.69) is 73.7 Å². The molecule has 0 bridgehead atoms. The SMILES string of the molecule is Cc1cc[c-](-c2ccc(-c3ccccc3)cc2)c1.[CH3-].[CH3-].[CH3-].[Pt+4]. The number of benzene rings is 2. The van der Waals surface area contributed by atoms with Gasteiger partial charge in [-0.1, -0.05) is 55.0 Å². The standard InChI is InChI=1S/C18H15.3CH3.Pt/c1-14-7-8-18(13-14)17-11-9-16(10-12-17)15-5-3-2-4-6-15;;;;/h2-13H,1H3;3*1H3;/q4*-1;+4. The Bertz CT molecular complexity index is 633. The summed E-state index contributed by atoms with van der Waals surface area (Å²) in [4.78, 5) is 0. The van der Waals surface area contributed by atoms with Gasteiger partial charge in [-0.15, -0.1) is 41.5 Å². The van der Waals surface area contributed by atoms with Crippen LogP contribution in [0.3, 0.4) is 0 Å². The van der Waals surface area contributed by atoms with Gasteiger partial charge in [0.05, 0.1) is 0 Å². The van der Waals surface area contributed by atoms with E-state index in [4.69, 9.17) is 0 Å². The van der Waals surface area contributed by atoms with Crippen molar-refractivity contribution in [1.82, 2.24) is 0 Å². The van der Waals surface area contributed by atoms with Crippen LogP contribution in [-0.4, -0.2) is 0 Å². The molecule has 0 aliphatic rings. The van der Waals surface area contributed by atoms with Crippen molar-refractivity contribution >= 4 is 0 Å². The average Bonchev–Trinajstić information content (AvgIpc) is 2.87. The Balaban J connectivity index is 0. The molecule has 0 N–H and O–H groups in total. The van der Waals surface area contributed by atoms with E-state index >= 15 is 0 Å². The third kappa shape index (κ3) is 5.04. The molecule has 0 saturated heterocycles. The monoisotopic (exact) mass is 471 g/mol. The minimum Gasteiger partial charge on any atom is -0.358 e. The van der Waals surface area contributed by atoms with E-state index in [0.29, 0.717) is 0 Å². The average molecular weight is 472 g/mol. The summed E-state index contributed by atoms with van der Waals surface area (Å²) in [5, 5.41) is 0. The summed E-state index contributed by atoms with van der Waals surface area (Å²) < 4.78 is 0. The summed E-state index contributed by atoms with van der Waals surface area (Å²) in [7, 11) is 0. The van der Waals surface area contributed by atoms with Crippen molar-refractivity contribution in [1.29, 1.82) is 0 Å². The predicted octanol–water partition coefficient (Wildman–Crippen LogP) is 6.40. The van der Waals surface area contributed by atoms with Gasteiger partial charge >= 0.3 is 21.1 Å². The maximum Gasteiger partial charge on any atom is 4.00 e. The van der Waals surface area contributed by atoms with Gasteiger partial charge in [-0.05, 0) is 11.1 Å². The molecule has 0 atom stereocenters. The first-order valence-corrected chi connectivity index (χ1v) is 6.22. The van der Waals surface area contributed by atoms with Gasteiger partial charge < -0.3 is 22.3 Å². The van der Waals surface area contributed by atoms with Crippen LogP contribution in [0.25, 0.3) is 22.3 Å². The van der Waals surface area contributed by atoms with E-state index < -0.39 is 0 Å². The van der Waals surface area contributed by atoms with Crippen molar-refractivity contribution in [2.45, 2.75) is 6.92 Å². The number of rotatable bonds is 2.